The summed E-state index contributed by atoms with van der Waals surface area (Å²) in [5, 5.41) is 20.7. The number of aromatic nitrogens is 1. The lowest BCUT2D eigenvalue weighted by Gasteiger charge is -2.01. The summed E-state index contributed by atoms with van der Waals surface area (Å²) in [6.07, 6.45) is 4.29. The molecule has 6 nitrogen and oxygen atoms in total. The van der Waals surface area contributed by atoms with Crippen molar-refractivity contribution in [3.05, 3.63) is 53.4 Å². The van der Waals surface area contributed by atoms with Crippen LogP contribution in [-0.2, 0) is 4.79 Å². The van der Waals surface area contributed by atoms with Crippen molar-refractivity contribution in [2.24, 2.45) is 0 Å². The lowest BCUT2D eigenvalue weighted by atomic mass is 10.2. The van der Waals surface area contributed by atoms with Gasteiger partial charge in [0.2, 0.25) is 5.91 Å². The molecule has 0 fully saturated rings. The first-order chi connectivity index (χ1) is 9.97. The molecule has 108 valence electrons. The minimum atomic E-state index is -1.11. The second kappa shape index (κ2) is 5.96. The Hall–Kier alpha value is -3.02. The number of phenolic OH excluding ortho intramolecular Hbond substituents is 1. The largest absolute Gasteiger partial charge is 0.508 e. The molecule has 6 heteroatoms. The van der Waals surface area contributed by atoms with Gasteiger partial charge in [-0.25, -0.2) is 4.79 Å². The van der Waals surface area contributed by atoms with E-state index in [1.165, 1.54) is 24.4 Å². The number of amides is 1. The first kappa shape index (κ1) is 14.4. The molecule has 1 amide bonds. The van der Waals surface area contributed by atoms with E-state index in [0.717, 1.165) is 5.56 Å². The van der Waals surface area contributed by atoms with Crippen LogP contribution in [0.5, 0.6) is 5.75 Å². The number of H-pyrrole nitrogens is 1. The molecule has 0 aliphatic heterocycles. The highest BCUT2D eigenvalue weighted by molar-refractivity contribution is 6.06. The third kappa shape index (κ3) is 3.50. The van der Waals surface area contributed by atoms with E-state index < -0.39 is 11.9 Å². The molecule has 4 N–H and O–H groups in total. The molecule has 21 heavy (non-hydrogen) atoms. The average molecular weight is 286 g/mol. The van der Waals surface area contributed by atoms with Gasteiger partial charge in [0.1, 0.15) is 11.3 Å². The zero-order valence-corrected chi connectivity index (χ0v) is 11.3. The molecular formula is C15H14N2O4. The van der Waals surface area contributed by atoms with Crippen molar-refractivity contribution in [1.29, 1.82) is 0 Å². The number of nitrogens with one attached hydrogen (secondary N) is 2. The van der Waals surface area contributed by atoms with Crippen LogP contribution in [0.1, 0.15) is 21.6 Å². The Balaban J connectivity index is 2.08. The molecule has 0 radical (unpaired) electrons. The van der Waals surface area contributed by atoms with Crippen molar-refractivity contribution in [3.63, 3.8) is 0 Å². The summed E-state index contributed by atoms with van der Waals surface area (Å²) in [4.78, 5) is 25.6. The minimum absolute atomic E-state index is 0.0429. The number of carbonyl (C=O) groups is 2. The number of carbonyl (C=O) groups excluding carboxylic acids is 1. The zero-order chi connectivity index (χ0) is 15.4. The van der Waals surface area contributed by atoms with Gasteiger partial charge in [-0.05, 0) is 30.7 Å². The molecule has 0 saturated heterocycles. The van der Waals surface area contributed by atoms with E-state index in [1.807, 2.05) is 0 Å². The number of phenols is 1. The third-order valence-electron chi connectivity index (χ3n) is 2.87. The van der Waals surface area contributed by atoms with Gasteiger partial charge < -0.3 is 20.5 Å². The summed E-state index contributed by atoms with van der Waals surface area (Å²) in [6, 6.07) is 6.33. The number of carboxylic acid groups (broad SMARTS) is 1. The van der Waals surface area contributed by atoms with E-state index in [4.69, 9.17) is 10.2 Å². The number of rotatable bonds is 4. The van der Waals surface area contributed by atoms with E-state index in [-0.39, 0.29) is 17.0 Å². The first-order valence-corrected chi connectivity index (χ1v) is 6.16. The van der Waals surface area contributed by atoms with Crippen molar-refractivity contribution in [1.82, 2.24) is 4.98 Å². The number of aromatic carboxylic acids is 1. The van der Waals surface area contributed by atoms with Crippen LogP contribution < -0.4 is 5.32 Å². The van der Waals surface area contributed by atoms with Gasteiger partial charge in [-0.15, -0.1) is 0 Å². The van der Waals surface area contributed by atoms with E-state index in [0.29, 0.717) is 5.69 Å². The van der Waals surface area contributed by atoms with E-state index >= 15 is 0 Å². The maximum atomic E-state index is 11.8. The molecule has 0 aliphatic rings. The smallest absolute Gasteiger partial charge is 0.339 e. The molecule has 0 spiro atoms. The second-order valence-corrected chi connectivity index (χ2v) is 4.42. The van der Waals surface area contributed by atoms with Gasteiger partial charge >= 0.3 is 5.97 Å². The SMILES string of the molecule is Cc1[nH]cc(NC(=O)/C=C/c2ccc(O)cc2)c1C(=O)O. The Morgan fingerprint density at radius 2 is 1.90 bits per heavy atom. The van der Waals surface area contributed by atoms with Gasteiger partial charge in [0, 0.05) is 18.0 Å². The standard InChI is InChI=1S/C15H14N2O4/c1-9-14(15(20)21)12(8-16-9)17-13(19)7-4-10-2-5-11(18)6-3-10/h2-8,16,18H,1H3,(H,17,19)(H,20,21)/b7-4+. The summed E-state index contributed by atoms with van der Waals surface area (Å²) < 4.78 is 0. The predicted molar refractivity (Wildman–Crippen MR) is 78.3 cm³/mol. The molecule has 0 bridgehead atoms. The minimum Gasteiger partial charge on any atom is -0.508 e. The Labute approximate surface area is 120 Å². The van der Waals surface area contributed by atoms with Crippen molar-refractivity contribution in [3.8, 4) is 5.75 Å². The molecule has 0 atom stereocenters. The maximum Gasteiger partial charge on any atom is 0.339 e. The van der Waals surface area contributed by atoms with Crippen molar-refractivity contribution in [2.45, 2.75) is 6.92 Å². The van der Waals surface area contributed by atoms with Crippen LogP contribution >= 0.6 is 0 Å². The van der Waals surface area contributed by atoms with Crippen LogP contribution in [0.3, 0.4) is 0 Å². The van der Waals surface area contributed by atoms with Crippen LogP contribution in [0.2, 0.25) is 0 Å². The van der Waals surface area contributed by atoms with E-state index in [1.54, 1.807) is 25.1 Å². The van der Waals surface area contributed by atoms with Gasteiger partial charge in [-0.1, -0.05) is 12.1 Å². The topological polar surface area (TPSA) is 102 Å². The Morgan fingerprint density at radius 1 is 1.24 bits per heavy atom. The molecule has 1 aromatic carbocycles. The van der Waals surface area contributed by atoms with Crippen LogP contribution in [0.15, 0.2) is 36.5 Å². The van der Waals surface area contributed by atoms with E-state index in [2.05, 4.69) is 10.3 Å². The number of aryl methyl sites for hydroxylation is 1. The fraction of sp³-hybridized carbons (Fsp3) is 0.0667. The van der Waals surface area contributed by atoms with Gasteiger partial charge in [0.25, 0.3) is 0 Å². The fourth-order valence-electron chi connectivity index (χ4n) is 1.83. The highest BCUT2D eigenvalue weighted by Gasteiger charge is 2.16. The monoisotopic (exact) mass is 286 g/mol. The number of hydrogen-bond acceptors (Lipinski definition) is 3. The number of aromatic amines is 1. The summed E-state index contributed by atoms with van der Waals surface area (Å²) in [7, 11) is 0. The van der Waals surface area contributed by atoms with Crippen LogP contribution in [-0.4, -0.2) is 27.1 Å². The predicted octanol–water partition coefficient (Wildman–Crippen LogP) is 2.38. The van der Waals surface area contributed by atoms with Gasteiger partial charge in [0.05, 0.1) is 5.69 Å². The summed E-state index contributed by atoms with van der Waals surface area (Å²) in [5.74, 6) is -1.40. The summed E-state index contributed by atoms with van der Waals surface area (Å²) in [6.45, 7) is 1.62. The normalized spacial score (nSPS) is 10.7. The maximum absolute atomic E-state index is 11.8. The second-order valence-electron chi connectivity index (χ2n) is 4.42. The molecular weight excluding hydrogens is 272 g/mol. The van der Waals surface area contributed by atoms with Gasteiger partial charge in [-0.2, -0.15) is 0 Å². The van der Waals surface area contributed by atoms with Crippen molar-refractivity contribution < 1.29 is 19.8 Å². The molecule has 2 aromatic rings. The molecule has 0 unspecified atom stereocenters. The van der Waals surface area contributed by atoms with Crippen molar-refractivity contribution >= 4 is 23.6 Å². The fourth-order valence-corrected chi connectivity index (χ4v) is 1.83. The van der Waals surface area contributed by atoms with Crippen LogP contribution in [0.25, 0.3) is 6.08 Å². The number of benzene rings is 1. The summed E-state index contributed by atoms with van der Waals surface area (Å²) >= 11 is 0. The van der Waals surface area contributed by atoms with Crippen LogP contribution in [0.4, 0.5) is 5.69 Å². The Bertz CT molecular complexity index is 699. The molecule has 0 saturated carbocycles. The molecule has 1 heterocycles. The number of anilines is 1. The molecule has 1 aromatic heterocycles. The molecule has 2 rings (SSSR count). The lowest BCUT2D eigenvalue weighted by molar-refractivity contribution is -0.111. The zero-order valence-electron chi connectivity index (χ0n) is 11.3. The third-order valence-corrected chi connectivity index (χ3v) is 2.87. The molecule has 0 aliphatic carbocycles. The highest BCUT2D eigenvalue weighted by atomic mass is 16.4. The highest BCUT2D eigenvalue weighted by Crippen LogP contribution is 2.19. The quantitative estimate of drug-likeness (QED) is 0.648. The first-order valence-electron chi connectivity index (χ1n) is 6.16. The Kier molecular flexibility index (Phi) is 4.08. The number of carboxylic acids is 1. The van der Waals surface area contributed by atoms with Crippen LogP contribution in [0, 0.1) is 6.92 Å². The van der Waals surface area contributed by atoms with Gasteiger partial charge in [0.15, 0.2) is 0 Å². The number of aromatic hydroxyl groups is 1. The average Bonchev–Trinajstić information content (AvgIpc) is 2.79. The van der Waals surface area contributed by atoms with Gasteiger partial charge in [-0.3, -0.25) is 4.79 Å². The number of hydrogen-bond donors (Lipinski definition) is 4. The Morgan fingerprint density at radius 3 is 2.52 bits per heavy atom. The lowest BCUT2D eigenvalue weighted by Crippen LogP contribution is -2.10. The van der Waals surface area contributed by atoms with E-state index in [9.17, 15) is 9.59 Å². The summed E-state index contributed by atoms with van der Waals surface area (Å²) in [5.41, 5.74) is 1.48. The van der Waals surface area contributed by atoms with Crippen molar-refractivity contribution in [2.75, 3.05) is 5.32 Å².